The number of fused-ring (bicyclic) bond motifs is 1. The van der Waals surface area contributed by atoms with Gasteiger partial charge < -0.3 is 4.90 Å². The average Bonchev–Trinajstić information content (AvgIpc) is 3.14. The van der Waals surface area contributed by atoms with Gasteiger partial charge in [-0.25, -0.2) is 0 Å². The highest BCUT2D eigenvalue weighted by Gasteiger charge is 2.30. The van der Waals surface area contributed by atoms with E-state index in [2.05, 4.69) is 22.2 Å². The molecule has 4 rings (SSSR count). The van der Waals surface area contributed by atoms with Crippen molar-refractivity contribution in [1.29, 1.82) is 0 Å². The van der Waals surface area contributed by atoms with Gasteiger partial charge in [-0.15, -0.1) is 0 Å². The fraction of sp³-hybridized carbons (Fsp3) is 0.167. The molecule has 1 aromatic carbocycles. The van der Waals surface area contributed by atoms with Gasteiger partial charge in [-0.1, -0.05) is 35.9 Å². The van der Waals surface area contributed by atoms with E-state index in [0.717, 1.165) is 5.56 Å². The molecule has 0 aliphatic carbocycles. The first-order valence-corrected chi connectivity index (χ1v) is 8.08. The summed E-state index contributed by atoms with van der Waals surface area (Å²) in [7, 11) is 0. The molecule has 2 aromatic heterocycles. The Morgan fingerprint density at radius 2 is 2.04 bits per heavy atom. The van der Waals surface area contributed by atoms with Gasteiger partial charge in [0, 0.05) is 36.7 Å². The second-order valence-electron chi connectivity index (χ2n) is 5.75. The molecule has 24 heavy (non-hydrogen) atoms. The molecule has 1 aliphatic rings. The van der Waals surface area contributed by atoms with Crippen LogP contribution in [0.5, 0.6) is 0 Å². The van der Waals surface area contributed by atoms with Crippen LogP contribution < -0.4 is 0 Å². The number of amides is 1. The van der Waals surface area contributed by atoms with Crippen LogP contribution in [0, 0.1) is 0 Å². The highest BCUT2D eigenvalue weighted by Crippen LogP contribution is 2.29. The van der Waals surface area contributed by atoms with E-state index in [1.54, 1.807) is 29.4 Å². The fourth-order valence-electron chi connectivity index (χ4n) is 3.11. The quantitative estimate of drug-likeness (QED) is 0.721. The zero-order valence-electron chi connectivity index (χ0n) is 12.8. The van der Waals surface area contributed by atoms with Gasteiger partial charge in [0.05, 0.1) is 6.04 Å². The second-order valence-corrected chi connectivity index (χ2v) is 6.18. The molecule has 1 aliphatic heterocycles. The van der Waals surface area contributed by atoms with E-state index >= 15 is 0 Å². The van der Waals surface area contributed by atoms with E-state index in [-0.39, 0.29) is 11.9 Å². The predicted molar refractivity (Wildman–Crippen MR) is 90.8 cm³/mol. The lowest BCUT2D eigenvalue weighted by Gasteiger charge is -2.34. The molecule has 0 fully saturated rings. The highest BCUT2D eigenvalue weighted by atomic mass is 35.5. The zero-order chi connectivity index (χ0) is 16.5. The fourth-order valence-corrected chi connectivity index (χ4v) is 3.27. The number of aromatic nitrogens is 3. The Hall–Kier alpha value is -2.66. The molecule has 0 unspecified atom stereocenters. The van der Waals surface area contributed by atoms with Crippen LogP contribution in [0.2, 0.25) is 5.02 Å². The Morgan fingerprint density at radius 1 is 1.17 bits per heavy atom. The summed E-state index contributed by atoms with van der Waals surface area (Å²) in [6.07, 6.45) is 5.23. The molecule has 0 saturated carbocycles. The van der Waals surface area contributed by atoms with Gasteiger partial charge in [0.25, 0.3) is 5.91 Å². The first-order chi connectivity index (χ1) is 11.7. The van der Waals surface area contributed by atoms with Crippen LogP contribution in [0.1, 0.15) is 27.7 Å². The van der Waals surface area contributed by atoms with E-state index in [9.17, 15) is 4.79 Å². The van der Waals surface area contributed by atoms with Crippen molar-refractivity contribution in [2.24, 2.45) is 0 Å². The lowest BCUT2D eigenvalue weighted by molar-refractivity contribution is 0.0700. The molecule has 0 N–H and O–H groups in total. The van der Waals surface area contributed by atoms with Crippen LogP contribution in [0.15, 0.2) is 61.1 Å². The van der Waals surface area contributed by atoms with Crippen molar-refractivity contribution < 1.29 is 4.79 Å². The molecule has 0 saturated heterocycles. The number of rotatable bonds is 2. The third kappa shape index (κ3) is 2.67. The minimum absolute atomic E-state index is 0.00640. The number of hydrogen-bond donors (Lipinski definition) is 0. The number of carbonyl (C=O) groups is 1. The van der Waals surface area contributed by atoms with Crippen LogP contribution in [0.4, 0.5) is 0 Å². The molecule has 1 amide bonds. The Kier molecular flexibility index (Phi) is 3.78. The molecule has 0 spiro atoms. The molecule has 3 heterocycles. The summed E-state index contributed by atoms with van der Waals surface area (Å²) in [6.45, 7) is 1.10. The number of hydrogen-bond acceptors (Lipinski definition) is 3. The maximum Gasteiger partial charge on any atom is 0.272 e. The summed E-state index contributed by atoms with van der Waals surface area (Å²) in [4.78, 5) is 18.8. The number of pyridine rings is 1. The standard InChI is InChI=1S/C18H15ClN4O/c19-14-6-8-20-16(10-14)18(24)22-11-13-4-1-2-5-15(13)17(12-22)23-9-3-7-21-23/h1-10,17H,11-12H2/t17-/m1/s1. The molecule has 120 valence electrons. The second kappa shape index (κ2) is 6.09. The monoisotopic (exact) mass is 338 g/mol. The van der Waals surface area contributed by atoms with Crippen LogP contribution >= 0.6 is 11.6 Å². The van der Waals surface area contributed by atoms with Crippen molar-refractivity contribution in [1.82, 2.24) is 19.7 Å². The lowest BCUT2D eigenvalue weighted by Crippen LogP contribution is -2.40. The van der Waals surface area contributed by atoms with Gasteiger partial charge in [0.2, 0.25) is 0 Å². The maximum atomic E-state index is 12.9. The summed E-state index contributed by atoms with van der Waals surface area (Å²) in [6, 6.07) is 13.3. The number of benzene rings is 1. The van der Waals surface area contributed by atoms with Crippen molar-refractivity contribution >= 4 is 17.5 Å². The number of halogens is 1. The van der Waals surface area contributed by atoms with Gasteiger partial charge in [-0.3, -0.25) is 14.5 Å². The topological polar surface area (TPSA) is 51.0 Å². The van der Waals surface area contributed by atoms with Gasteiger partial charge in [0.1, 0.15) is 5.69 Å². The minimum Gasteiger partial charge on any atom is -0.330 e. The first kappa shape index (κ1) is 14.9. The summed E-state index contributed by atoms with van der Waals surface area (Å²) < 4.78 is 1.89. The summed E-state index contributed by atoms with van der Waals surface area (Å²) in [5.41, 5.74) is 2.69. The van der Waals surface area contributed by atoms with Crippen LogP contribution in [-0.2, 0) is 6.54 Å². The Morgan fingerprint density at radius 3 is 2.83 bits per heavy atom. The Bertz CT molecular complexity index is 878. The van der Waals surface area contributed by atoms with Crippen molar-refractivity contribution in [2.45, 2.75) is 12.6 Å². The summed E-state index contributed by atoms with van der Waals surface area (Å²) in [5, 5.41) is 4.87. The van der Waals surface area contributed by atoms with E-state index in [1.807, 2.05) is 29.1 Å². The van der Waals surface area contributed by atoms with Crippen molar-refractivity contribution in [3.63, 3.8) is 0 Å². The number of nitrogens with zero attached hydrogens (tertiary/aromatic N) is 4. The molecule has 5 nitrogen and oxygen atoms in total. The largest absolute Gasteiger partial charge is 0.330 e. The van der Waals surface area contributed by atoms with Gasteiger partial charge in [-0.05, 0) is 29.3 Å². The van der Waals surface area contributed by atoms with Crippen LogP contribution in [0.3, 0.4) is 0 Å². The third-order valence-electron chi connectivity index (χ3n) is 4.24. The predicted octanol–water partition coefficient (Wildman–Crippen LogP) is 3.18. The smallest absolute Gasteiger partial charge is 0.272 e. The molecule has 6 heteroatoms. The maximum absolute atomic E-state index is 12.9. The SMILES string of the molecule is O=C(c1cc(Cl)ccn1)N1Cc2ccccc2[C@H](n2cccn2)C1. The molecular formula is C18H15ClN4O. The lowest BCUT2D eigenvalue weighted by atomic mass is 9.95. The van der Waals surface area contributed by atoms with Crippen molar-refractivity contribution in [3.05, 3.63) is 82.9 Å². The third-order valence-corrected chi connectivity index (χ3v) is 4.48. The highest BCUT2D eigenvalue weighted by molar-refractivity contribution is 6.30. The van der Waals surface area contributed by atoms with Gasteiger partial charge in [-0.2, -0.15) is 5.10 Å². The number of carbonyl (C=O) groups excluding carboxylic acids is 1. The van der Waals surface area contributed by atoms with Crippen molar-refractivity contribution in [2.75, 3.05) is 6.54 Å². The van der Waals surface area contributed by atoms with Gasteiger partial charge in [0.15, 0.2) is 0 Å². The Balaban J connectivity index is 1.70. The van der Waals surface area contributed by atoms with Crippen molar-refractivity contribution in [3.8, 4) is 0 Å². The molecule has 0 bridgehead atoms. The molecule has 3 aromatic rings. The molecule has 1 atom stereocenters. The molecular weight excluding hydrogens is 324 g/mol. The Labute approximate surface area is 144 Å². The van der Waals surface area contributed by atoms with E-state index in [4.69, 9.17) is 11.6 Å². The summed E-state index contributed by atoms with van der Waals surface area (Å²) in [5.74, 6) is -0.121. The van der Waals surface area contributed by atoms with Gasteiger partial charge >= 0.3 is 0 Å². The first-order valence-electron chi connectivity index (χ1n) is 7.70. The zero-order valence-corrected chi connectivity index (χ0v) is 13.6. The summed E-state index contributed by atoms with van der Waals surface area (Å²) >= 11 is 5.99. The molecule has 0 radical (unpaired) electrons. The van der Waals surface area contributed by atoms with E-state index in [0.29, 0.717) is 23.8 Å². The average molecular weight is 339 g/mol. The van der Waals surface area contributed by atoms with E-state index in [1.165, 1.54) is 5.56 Å². The normalized spacial score (nSPS) is 16.7. The minimum atomic E-state index is -0.121. The van der Waals surface area contributed by atoms with Crippen LogP contribution in [-0.4, -0.2) is 32.1 Å². The van der Waals surface area contributed by atoms with Crippen LogP contribution in [0.25, 0.3) is 0 Å². The van der Waals surface area contributed by atoms with E-state index < -0.39 is 0 Å².